The second-order valence-electron chi connectivity index (χ2n) is 6.87. The summed E-state index contributed by atoms with van der Waals surface area (Å²) in [6.07, 6.45) is 2.89. The summed E-state index contributed by atoms with van der Waals surface area (Å²) in [6, 6.07) is 6.05. The molecule has 0 radical (unpaired) electrons. The molecule has 0 aliphatic carbocycles. The van der Waals surface area contributed by atoms with Gasteiger partial charge in [-0.2, -0.15) is 0 Å². The number of hydrogen-bond acceptors (Lipinski definition) is 5. The van der Waals surface area contributed by atoms with E-state index in [1.807, 2.05) is 12.1 Å². The summed E-state index contributed by atoms with van der Waals surface area (Å²) in [6.45, 7) is 6.68. The maximum absolute atomic E-state index is 10.9. The zero-order valence-electron chi connectivity index (χ0n) is 15.5. The Balaban J connectivity index is 1.87. The minimum Gasteiger partial charge on any atom is -0.493 e. The molecule has 2 rings (SSSR count). The van der Waals surface area contributed by atoms with Crippen molar-refractivity contribution >= 4 is 0 Å². The topological polar surface area (TPSA) is 45.2 Å². The molecule has 0 amide bonds. The minimum absolute atomic E-state index is 0.583. The highest BCUT2D eigenvalue weighted by atomic mass is 16.5. The van der Waals surface area contributed by atoms with Crippen molar-refractivity contribution in [2.24, 2.45) is 0 Å². The maximum atomic E-state index is 10.9. The highest BCUT2D eigenvalue weighted by Gasteiger charge is 2.33. The molecule has 1 saturated heterocycles. The van der Waals surface area contributed by atoms with Gasteiger partial charge in [-0.3, -0.25) is 0 Å². The summed E-state index contributed by atoms with van der Waals surface area (Å²) in [5.41, 5.74) is 0.631. The van der Waals surface area contributed by atoms with E-state index < -0.39 is 5.60 Å². The fraction of sp³-hybridized carbons (Fsp3) is 0.684. The molecule has 136 valence electrons. The quantitative estimate of drug-likeness (QED) is 0.787. The van der Waals surface area contributed by atoms with E-state index in [0.717, 1.165) is 63.5 Å². The van der Waals surface area contributed by atoms with Gasteiger partial charge in [0.1, 0.15) is 0 Å². The molecule has 1 aromatic carbocycles. The first-order valence-corrected chi connectivity index (χ1v) is 8.84. The molecule has 1 atom stereocenters. The van der Waals surface area contributed by atoms with Gasteiger partial charge in [-0.25, -0.2) is 0 Å². The number of likely N-dealkylation sites (tertiary alicyclic amines) is 1. The van der Waals surface area contributed by atoms with Gasteiger partial charge in [-0.15, -0.1) is 0 Å². The Labute approximate surface area is 146 Å². The van der Waals surface area contributed by atoms with Crippen molar-refractivity contribution < 1.29 is 14.6 Å². The molecule has 1 aromatic rings. The normalized spacial score (nSPS) is 21.9. The molecule has 1 aliphatic heterocycles. The molecule has 24 heavy (non-hydrogen) atoms. The first kappa shape index (κ1) is 19.0. The van der Waals surface area contributed by atoms with Gasteiger partial charge < -0.3 is 24.4 Å². The Morgan fingerprint density at radius 1 is 1.25 bits per heavy atom. The molecule has 0 aromatic heterocycles. The highest BCUT2D eigenvalue weighted by Crippen LogP contribution is 2.28. The van der Waals surface area contributed by atoms with Crippen LogP contribution in [0.3, 0.4) is 0 Å². The summed E-state index contributed by atoms with van der Waals surface area (Å²) in [4.78, 5) is 4.57. The third-order valence-corrected chi connectivity index (χ3v) is 4.88. The summed E-state index contributed by atoms with van der Waals surface area (Å²) in [5.74, 6) is 1.52. The van der Waals surface area contributed by atoms with E-state index in [2.05, 4.69) is 29.8 Å². The second-order valence-corrected chi connectivity index (χ2v) is 6.87. The van der Waals surface area contributed by atoms with E-state index >= 15 is 0 Å². The standard InChI is InChI=1S/C19H32N2O3/c1-5-21-11-6-10-19(22,15-21)14-20(2)12-9-16-7-8-17(23-3)18(13-16)24-4/h7-8,13,22H,5-6,9-12,14-15H2,1-4H3/t19-/m1/s1. The fourth-order valence-corrected chi connectivity index (χ4v) is 3.54. The Hall–Kier alpha value is -1.30. The van der Waals surface area contributed by atoms with Crippen LogP contribution in [0.4, 0.5) is 0 Å². The third kappa shape index (κ3) is 5.10. The second kappa shape index (κ2) is 8.70. The Kier molecular flexibility index (Phi) is 6.90. The predicted octanol–water partition coefficient (Wildman–Crippen LogP) is 2.02. The fourth-order valence-electron chi connectivity index (χ4n) is 3.54. The number of rotatable bonds is 8. The van der Waals surface area contributed by atoms with Crippen molar-refractivity contribution in [1.29, 1.82) is 0 Å². The lowest BCUT2D eigenvalue weighted by molar-refractivity contribution is -0.0478. The molecule has 1 aliphatic rings. The Morgan fingerprint density at radius 2 is 2.00 bits per heavy atom. The highest BCUT2D eigenvalue weighted by molar-refractivity contribution is 5.42. The van der Waals surface area contributed by atoms with E-state index in [-0.39, 0.29) is 0 Å². The number of piperidine rings is 1. The van der Waals surface area contributed by atoms with Gasteiger partial charge in [0, 0.05) is 19.6 Å². The number of ether oxygens (including phenoxy) is 2. The van der Waals surface area contributed by atoms with Crippen LogP contribution >= 0.6 is 0 Å². The third-order valence-electron chi connectivity index (χ3n) is 4.88. The van der Waals surface area contributed by atoms with Crippen molar-refractivity contribution in [2.75, 3.05) is 54.0 Å². The molecule has 0 saturated carbocycles. The molecule has 0 spiro atoms. The van der Waals surface area contributed by atoms with E-state index in [0.29, 0.717) is 0 Å². The molecular formula is C19H32N2O3. The molecule has 5 heteroatoms. The summed E-state index contributed by atoms with van der Waals surface area (Å²) < 4.78 is 10.6. The van der Waals surface area contributed by atoms with E-state index in [1.54, 1.807) is 14.2 Å². The first-order valence-electron chi connectivity index (χ1n) is 8.84. The molecule has 1 fully saturated rings. The van der Waals surface area contributed by atoms with Gasteiger partial charge in [-0.05, 0) is 57.1 Å². The first-order chi connectivity index (χ1) is 11.5. The summed E-state index contributed by atoms with van der Waals surface area (Å²) in [5, 5.41) is 10.9. The van der Waals surface area contributed by atoms with Crippen LogP contribution in [0.25, 0.3) is 0 Å². The predicted molar refractivity (Wildman–Crippen MR) is 97.0 cm³/mol. The zero-order chi connectivity index (χ0) is 17.6. The number of methoxy groups -OCH3 is 2. The SMILES string of the molecule is CCN1CCC[C@@](O)(CN(C)CCc2ccc(OC)c(OC)c2)C1. The lowest BCUT2D eigenvalue weighted by Gasteiger charge is -2.40. The van der Waals surface area contributed by atoms with Crippen molar-refractivity contribution in [3.05, 3.63) is 23.8 Å². The number of β-amino-alcohol motifs (C(OH)–C–C–N with tert-alkyl or cyclic N) is 1. The Morgan fingerprint density at radius 3 is 2.67 bits per heavy atom. The van der Waals surface area contributed by atoms with Crippen LogP contribution in [0.5, 0.6) is 11.5 Å². The summed E-state index contributed by atoms with van der Waals surface area (Å²) in [7, 11) is 5.39. The monoisotopic (exact) mass is 336 g/mol. The van der Waals surface area contributed by atoms with Crippen LogP contribution in [0.15, 0.2) is 18.2 Å². The van der Waals surface area contributed by atoms with Crippen LogP contribution in [0.1, 0.15) is 25.3 Å². The van der Waals surface area contributed by atoms with Crippen molar-refractivity contribution in [3.8, 4) is 11.5 Å². The van der Waals surface area contributed by atoms with Gasteiger partial charge in [0.25, 0.3) is 0 Å². The van der Waals surface area contributed by atoms with Crippen LogP contribution in [0, 0.1) is 0 Å². The van der Waals surface area contributed by atoms with E-state index in [4.69, 9.17) is 9.47 Å². The van der Waals surface area contributed by atoms with Crippen molar-refractivity contribution in [1.82, 2.24) is 9.80 Å². The van der Waals surface area contributed by atoms with Crippen LogP contribution < -0.4 is 9.47 Å². The lowest BCUT2D eigenvalue weighted by Crippen LogP contribution is -2.53. The van der Waals surface area contributed by atoms with E-state index in [1.165, 1.54) is 5.56 Å². The number of nitrogens with zero attached hydrogens (tertiary/aromatic N) is 2. The molecule has 0 bridgehead atoms. The molecular weight excluding hydrogens is 304 g/mol. The van der Waals surface area contributed by atoms with E-state index in [9.17, 15) is 5.11 Å². The average Bonchev–Trinajstić information content (AvgIpc) is 2.59. The van der Waals surface area contributed by atoms with Gasteiger partial charge in [0.2, 0.25) is 0 Å². The summed E-state index contributed by atoms with van der Waals surface area (Å²) >= 11 is 0. The number of benzene rings is 1. The van der Waals surface area contributed by atoms with Gasteiger partial charge in [-0.1, -0.05) is 13.0 Å². The number of hydrogen-bond donors (Lipinski definition) is 1. The van der Waals surface area contributed by atoms with Crippen molar-refractivity contribution in [2.45, 2.75) is 31.8 Å². The maximum Gasteiger partial charge on any atom is 0.160 e. The minimum atomic E-state index is -0.583. The lowest BCUT2D eigenvalue weighted by atomic mass is 9.92. The van der Waals surface area contributed by atoms with Crippen LogP contribution in [0.2, 0.25) is 0 Å². The zero-order valence-corrected chi connectivity index (χ0v) is 15.5. The van der Waals surface area contributed by atoms with Gasteiger partial charge >= 0.3 is 0 Å². The van der Waals surface area contributed by atoms with Crippen LogP contribution in [-0.2, 0) is 6.42 Å². The smallest absolute Gasteiger partial charge is 0.160 e. The Bertz CT molecular complexity index is 523. The largest absolute Gasteiger partial charge is 0.493 e. The number of likely N-dealkylation sites (N-methyl/N-ethyl adjacent to an activating group) is 2. The van der Waals surface area contributed by atoms with Gasteiger partial charge in [0.05, 0.1) is 19.8 Å². The van der Waals surface area contributed by atoms with Gasteiger partial charge in [0.15, 0.2) is 11.5 Å². The number of aliphatic hydroxyl groups is 1. The molecule has 1 heterocycles. The molecule has 5 nitrogen and oxygen atoms in total. The molecule has 1 N–H and O–H groups in total. The van der Waals surface area contributed by atoms with Crippen LogP contribution in [-0.4, -0.2) is 74.5 Å². The van der Waals surface area contributed by atoms with Crippen molar-refractivity contribution in [3.63, 3.8) is 0 Å². The average molecular weight is 336 g/mol. The molecule has 0 unspecified atom stereocenters.